The summed E-state index contributed by atoms with van der Waals surface area (Å²) in [6, 6.07) is 8.93. The topological polar surface area (TPSA) is 29.9 Å². The lowest BCUT2D eigenvalue weighted by atomic mass is 10.2. The number of aromatic nitrogens is 2. The molecule has 0 aliphatic rings. The highest BCUT2D eigenvalue weighted by Gasteiger charge is 2.02. The first-order valence-electron chi connectivity index (χ1n) is 6.52. The van der Waals surface area contributed by atoms with E-state index in [9.17, 15) is 0 Å². The Balaban J connectivity index is 1.91. The van der Waals surface area contributed by atoms with Crippen LogP contribution in [-0.2, 0) is 19.5 Å². The molecule has 0 radical (unpaired) electrons. The maximum absolute atomic E-state index is 4.14. The number of aryl methyl sites for hydroxylation is 2. The third kappa shape index (κ3) is 3.70. The predicted octanol–water partition coefficient (Wildman–Crippen LogP) is 2.62. The summed E-state index contributed by atoms with van der Waals surface area (Å²) in [7, 11) is 0. The van der Waals surface area contributed by atoms with Gasteiger partial charge < -0.3 is 9.88 Å². The van der Waals surface area contributed by atoms with Crippen LogP contribution in [0, 0.1) is 0 Å². The lowest BCUT2D eigenvalue weighted by Crippen LogP contribution is -2.23. The van der Waals surface area contributed by atoms with Crippen LogP contribution in [0.3, 0.4) is 0 Å². The van der Waals surface area contributed by atoms with Gasteiger partial charge in [0.15, 0.2) is 0 Å². The van der Waals surface area contributed by atoms with E-state index in [2.05, 4.69) is 53.1 Å². The van der Waals surface area contributed by atoms with Crippen molar-refractivity contribution in [2.75, 3.05) is 0 Å². The minimum Gasteiger partial charge on any atom is -0.350 e. The zero-order valence-electron chi connectivity index (χ0n) is 11.1. The molecule has 0 amide bonds. The smallest absolute Gasteiger partial charge is 0.0361 e. The highest BCUT2D eigenvalue weighted by Crippen LogP contribution is 2.06. The predicted molar refractivity (Wildman–Crippen MR) is 74.3 cm³/mol. The van der Waals surface area contributed by atoms with Crippen molar-refractivity contribution in [3.63, 3.8) is 0 Å². The van der Waals surface area contributed by atoms with Crippen molar-refractivity contribution in [1.82, 2.24) is 14.9 Å². The van der Waals surface area contributed by atoms with Gasteiger partial charge in [0.2, 0.25) is 0 Å². The summed E-state index contributed by atoms with van der Waals surface area (Å²) in [4.78, 5) is 4.14. The van der Waals surface area contributed by atoms with Crippen LogP contribution in [0.1, 0.15) is 25.1 Å². The van der Waals surface area contributed by atoms with Gasteiger partial charge in [0.25, 0.3) is 0 Å². The molecule has 2 aromatic heterocycles. The summed E-state index contributed by atoms with van der Waals surface area (Å²) in [6.07, 6.45) is 6.93. The second-order valence-electron chi connectivity index (χ2n) is 4.84. The lowest BCUT2D eigenvalue weighted by molar-refractivity contribution is 0.554. The zero-order valence-corrected chi connectivity index (χ0v) is 11.1. The largest absolute Gasteiger partial charge is 0.350 e. The van der Waals surface area contributed by atoms with E-state index in [1.165, 1.54) is 11.3 Å². The Morgan fingerprint density at radius 2 is 2.17 bits per heavy atom. The highest BCUT2D eigenvalue weighted by molar-refractivity contribution is 5.11. The van der Waals surface area contributed by atoms with Gasteiger partial charge in [-0.25, -0.2) is 0 Å². The molecule has 3 nitrogen and oxygen atoms in total. The Morgan fingerprint density at radius 3 is 2.89 bits per heavy atom. The molecule has 0 saturated carbocycles. The highest BCUT2D eigenvalue weighted by atomic mass is 15.0. The molecule has 0 bridgehead atoms. The van der Waals surface area contributed by atoms with Crippen LogP contribution in [0.4, 0.5) is 0 Å². The fraction of sp³-hybridized carbons (Fsp3) is 0.400. The Morgan fingerprint density at radius 1 is 1.28 bits per heavy atom. The molecule has 18 heavy (non-hydrogen) atoms. The van der Waals surface area contributed by atoms with E-state index in [0.29, 0.717) is 6.04 Å². The molecule has 2 heterocycles. The Bertz CT molecular complexity index is 460. The maximum Gasteiger partial charge on any atom is 0.0361 e. The molecule has 0 fully saturated rings. The van der Waals surface area contributed by atoms with Gasteiger partial charge in [-0.2, -0.15) is 0 Å². The van der Waals surface area contributed by atoms with E-state index in [1.807, 2.05) is 18.5 Å². The van der Waals surface area contributed by atoms with Crippen molar-refractivity contribution in [1.29, 1.82) is 0 Å². The molecule has 2 rings (SSSR count). The fourth-order valence-corrected chi connectivity index (χ4v) is 1.93. The van der Waals surface area contributed by atoms with E-state index >= 15 is 0 Å². The number of rotatable bonds is 6. The molecule has 1 N–H and O–H groups in total. The van der Waals surface area contributed by atoms with Crippen molar-refractivity contribution in [2.45, 2.75) is 39.4 Å². The van der Waals surface area contributed by atoms with Crippen LogP contribution in [0.15, 0.2) is 42.9 Å². The van der Waals surface area contributed by atoms with Crippen molar-refractivity contribution in [3.05, 3.63) is 54.1 Å². The van der Waals surface area contributed by atoms with Gasteiger partial charge in [0.1, 0.15) is 0 Å². The molecule has 0 spiro atoms. The Hall–Kier alpha value is -1.61. The van der Waals surface area contributed by atoms with Crippen LogP contribution in [0.5, 0.6) is 0 Å². The van der Waals surface area contributed by atoms with Gasteiger partial charge in [-0.3, -0.25) is 4.98 Å². The van der Waals surface area contributed by atoms with Crippen molar-refractivity contribution in [3.8, 4) is 0 Å². The number of pyridine rings is 1. The van der Waals surface area contributed by atoms with E-state index in [-0.39, 0.29) is 0 Å². The Labute approximate surface area is 109 Å². The summed E-state index contributed by atoms with van der Waals surface area (Å²) in [5.74, 6) is 0. The molecule has 2 aromatic rings. The second-order valence-corrected chi connectivity index (χ2v) is 4.84. The normalized spacial score (nSPS) is 11.1. The van der Waals surface area contributed by atoms with E-state index in [0.717, 1.165) is 19.5 Å². The SMILES string of the molecule is CC(C)NCc1cccn1CCc1cccnc1. The summed E-state index contributed by atoms with van der Waals surface area (Å²) in [6.45, 7) is 6.28. The van der Waals surface area contributed by atoms with Crippen LogP contribution >= 0.6 is 0 Å². The van der Waals surface area contributed by atoms with Crippen LogP contribution in [-0.4, -0.2) is 15.6 Å². The van der Waals surface area contributed by atoms with Crippen LogP contribution in [0.2, 0.25) is 0 Å². The second kappa shape index (κ2) is 6.36. The number of nitrogens with one attached hydrogen (secondary N) is 1. The third-order valence-electron chi connectivity index (χ3n) is 2.98. The van der Waals surface area contributed by atoms with Gasteiger partial charge in [-0.1, -0.05) is 19.9 Å². The molecule has 3 heteroatoms. The maximum atomic E-state index is 4.14. The molecular weight excluding hydrogens is 222 g/mol. The van der Waals surface area contributed by atoms with E-state index < -0.39 is 0 Å². The first-order chi connectivity index (χ1) is 8.75. The summed E-state index contributed by atoms with van der Waals surface area (Å²) in [5.41, 5.74) is 2.63. The van der Waals surface area contributed by atoms with Crippen LogP contribution < -0.4 is 5.32 Å². The molecule has 0 unspecified atom stereocenters. The summed E-state index contributed by atoms with van der Waals surface area (Å²) < 4.78 is 2.31. The van der Waals surface area contributed by atoms with Gasteiger partial charge in [0, 0.05) is 43.4 Å². The van der Waals surface area contributed by atoms with Gasteiger partial charge in [-0.05, 0) is 30.2 Å². The number of hydrogen-bond acceptors (Lipinski definition) is 2. The average Bonchev–Trinajstić information content (AvgIpc) is 2.82. The van der Waals surface area contributed by atoms with E-state index in [4.69, 9.17) is 0 Å². The van der Waals surface area contributed by atoms with Crippen molar-refractivity contribution in [2.24, 2.45) is 0 Å². The minimum absolute atomic E-state index is 0.520. The van der Waals surface area contributed by atoms with Crippen molar-refractivity contribution < 1.29 is 0 Å². The third-order valence-corrected chi connectivity index (χ3v) is 2.98. The molecule has 0 aromatic carbocycles. The number of hydrogen-bond donors (Lipinski definition) is 1. The average molecular weight is 243 g/mol. The summed E-state index contributed by atoms with van der Waals surface area (Å²) >= 11 is 0. The monoisotopic (exact) mass is 243 g/mol. The lowest BCUT2D eigenvalue weighted by Gasteiger charge is -2.12. The molecule has 0 aliphatic heterocycles. The van der Waals surface area contributed by atoms with Gasteiger partial charge >= 0.3 is 0 Å². The van der Waals surface area contributed by atoms with E-state index in [1.54, 1.807) is 0 Å². The number of nitrogens with zero attached hydrogens (tertiary/aromatic N) is 2. The standard InChI is InChI=1S/C15H21N3/c1-13(2)17-12-15-6-4-9-18(15)10-7-14-5-3-8-16-11-14/h3-6,8-9,11,13,17H,7,10,12H2,1-2H3. The first kappa shape index (κ1) is 12.8. The molecular formula is C15H21N3. The fourth-order valence-electron chi connectivity index (χ4n) is 1.93. The summed E-state index contributed by atoms with van der Waals surface area (Å²) in [5, 5.41) is 3.45. The van der Waals surface area contributed by atoms with Crippen molar-refractivity contribution >= 4 is 0 Å². The van der Waals surface area contributed by atoms with Crippen LogP contribution in [0.25, 0.3) is 0 Å². The van der Waals surface area contributed by atoms with Gasteiger partial charge in [-0.15, -0.1) is 0 Å². The molecule has 96 valence electrons. The molecule has 0 saturated heterocycles. The first-order valence-corrected chi connectivity index (χ1v) is 6.52. The molecule has 0 aliphatic carbocycles. The minimum atomic E-state index is 0.520. The zero-order chi connectivity index (χ0) is 12.8. The Kier molecular flexibility index (Phi) is 4.53. The van der Waals surface area contributed by atoms with Gasteiger partial charge in [0.05, 0.1) is 0 Å². The molecule has 0 atom stereocenters. The quantitative estimate of drug-likeness (QED) is 0.845.